The van der Waals surface area contributed by atoms with E-state index in [1.54, 1.807) is 6.07 Å². The fourth-order valence-electron chi connectivity index (χ4n) is 2.73. The smallest absolute Gasteiger partial charge is 0.243 e. The van der Waals surface area contributed by atoms with Crippen molar-refractivity contribution in [2.24, 2.45) is 5.73 Å². The second-order valence-electron chi connectivity index (χ2n) is 6.35. The number of nitrogens with two attached hydrogens (primary N) is 1. The second kappa shape index (κ2) is 10.2. The largest absolute Gasteiger partial charge is 0.368 e. The van der Waals surface area contributed by atoms with Crippen molar-refractivity contribution in [3.05, 3.63) is 69.0 Å². The number of halogens is 2. The van der Waals surface area contributed by atoms with E-state index in [1.807, 2.05) is 24.3 Å². The summed E-state index contributed by atoms with van der Waals surface area (Å²) in [6.07, 6.45) is 0.164. The molecule has 8 heteroatoms. The van der Waals surface area contributed by atoms with Gasteiger partial charge in [0.25, 0.3) is 0 Å². The Morgan fingerprint density at radius 1 is 1.04 bits per heavy atom. The van der Waals surface area contributed by atoms with Gasteiger partial charge in [-0.05, 0) is 51.9 Å². The van der Waals surface area contributed by atoms with Crippen LogP contribution >= 0.6 is 22.6 Å². The van der Waals surface area contributed by atoms with Gasteiger partial charge < -0.3 is 16.4 Å². The summed E-state index contributed by atoms with van der Waals surface area (Å²) in [5.41, 5.74) is 6.56. The first-order valence-corrected chi connectivity index (χ1v) is 9.68. The lowest BCUT2D eigenvalue weighted by Crippen LogP contribution is -2.54. The van der Waals surface area contributed by atoms with Gasteiger partial charge in [-0.2, -0.15) is 0 Å². The number of nitrogens with one attached hydrogen (secondary N) is 2. The van der Waals surface area contributed by atoms with Gasteiger partial charge in [-0.3, -0.25) is 14.4 Å². The molecule has 2 aromatic rings. The number of carbonyl (C=O) groups excluding carboxylic acids is 3. The standard InChI is InChI=1S/C20H21FIN3O3/c1-12(26)24-18(11-14-6-2-3-8-16(14)21)20(28)25-17(19(23)27)10-13-5-4-7-15(22)9-13/h2-9,17-18H,10-11H2,1H3,(H2,23,27)(H,24,26)(H,25,28)/t17-,18+/m0/s1. The third kappa shape index (κ3) is 6.59. The number of primary amides is 1. The molecule has 0 saturated carbocycles. The van der Waals surface area contributed by atoms with E-state index in [0.29, 0.717) is 0 Å². The lowest BCUT2D eigenvalue weighted by Gasteiger charge is -2.22. The van der Waals surface area contributed by atoms with E-state index >= 15 is 0 Å². The quantitative estimate of drug-likeness (QED) is 0.484. The van der Waals surface area contributed by atoms with E-state index in [9.17, 15) is 18.8 Å². The highest BCUT2D eigenvalue weighted by Crippen LogP contribution is 2.12. The van der Waals surface area contributed by atoms with Crippen molar-refractivity contribution in [3.8, 4) is 0 Å². The molecule has 2 rings (SSSR count). The zero-order valence-electron chi connectivity index (χ0n) is 15.2. The molecule has 0 fully saturated rings. The molecule has 2 atom stereocenters. The average Bonchev–Trinajstić information content (AvgIpc) is 2.62. The summed E-state index contributed by atoms with van der Waals surface area (Å²) in [7, 11) is 0. The zero-order chi connectivity index (χ0) is 20.7. The summed E-state index contributed by atoms with van der Waals surface area (Å²) >= 11 is 2.15. The molecule has 0 spiro atoms. The summed E-state index contributed by atoms with van der Waals surface area (Å²) in [6.45, 7) is 1.26. The average molecular weight is 497 g/mol. The predicted molar refractivity (Wildman–Crippen MR) is 112 cm³/mol. The van der Waals surface area contributed by atoms with Gasteiger partial charge in [-0.1, -0.05) is 30.3 Å². The van der Waals surface area contributed by atoms with E-state index in [4.69, 9.17) is 5.73 Å². The Bertz CT molecular complexity index is 875. The molecular weight excluding hydrogens is 476 g/mol. The van der Waals surface area contributed by atoms with Crippen LogP contribution in [0.15, 0.2) is 48.5 Å². The topological polar surface area (TPSA) is 101 Å². The van der Waals surface area contributed by atoms with E-state index in [2.05, 4.69) is 33.2 Å². The first kappa shape index (κ1) is 21.8. The van der Waals surface area contributed by atoms with Crippen molar-refractivity contribution in [3.63, 3.8) is 0 Å². The maximum Gasteiger partial charge on any atom is 0.243 e. The van der Waals surface area contributed by atoms with Crippen molar-refractivity contribution in [2.45, 2.75) is 31.8 Å². The Labute approximate surface area is 176 Å². The van der Waals surface area contributed by atoms with Gasteiger partial charge in [-0.25, -0.2) is 4.39 Å². The molecule has 0 aliphatic rings. The Hall–Kier alpha value is -2.49. The summed E-state index contributed by atoms with van der Waals surface area (Å²) in [5.74, 6) is -2.21. The third-order valence-electron chi connectivity index (χ3n) is 4.06. The molecule has 0 unspecified atom stereocenters. The number of amides is 3. The fraction of sp³-hybridized carbons (Fsp3) is 0.250. The van der Waals surface area contributed by atoms with Crippen molar-refractivity contribution in [2.75, 3.05) is 0 Å². The Kier molecular flexibility index (Phi) is 7.91. The van der Waals surface area contributed by atoms with Crippen molar-refractivity contribution < 1.29 is 18.8 Å². The van der Waals surface area contributed by atoms with Gasteiger partial charge in [0.1, 0.15) is 17.9 Å². The summed E-state index contributed by atoms with van der Waals surface area (Å²) in [6, 6.07) is 11.5. The minimum absolute atomic E-state index is 0.0488. The maximum absolute atomic E-state index is 13.9. The lowest BCUT2D eigenvalue weighted by molar-refractivity contribution is -0.130. The number of hydrogen-bond acceptors (Lipinski definition) is 3. The molecule has 0 aliphatic heterocycles. The highest BCUT2D eigenvalue weighted by atomic mass is 127. The van der Waals surface area contributed by atoms with Crippen LogP contribution in [0.4, 0.5) is 4.39 Å². The lowest BCUT2D eigenvalue weighted by atomic mass is 10.0. The van der Waals surface area contributed by atoms with Crippen molar-refractivity contribution in [1.82, 2.24) is 10.6 Å². The molecule has 3 amide bonds. The number of rotatable bonds is 8. The Morgan fingerprint density at radius 3 is 2.36 bits per heavy atom. The first-order chi connectivity index (χ1) is 13.3. The fourth-order valence-corrected chi connectivity index (χ4v) is 3.34. The molecule has 0 saturated heterocycles. The van der Waals surface area contributed by atoms with E-state index in [1.165, 1.54) is 25.1 Å². The van der Waals surface area contributed by atoms with Gasteiger partial charge in [0.2, 0.25) is 17.7 Å². The Morgan fingerprint density at radius 2 is 1.75 bits per heavy atom. The van der Waals surface area contributed by atoms with Crippen LogP contribution in [0.2, 0.25) is 0 Å². The molecule has 0 aromatic heterocycles. The molecular formula is C20H21FIN3O3. The molecule has 0 bridgehead atoms. The third-order valence-corrected chi connectivity index (χ3v) is 4.74. The van der Waals surface area contributed by atoms with Gasteiger partial charge >= 0.3 is 0 Å². The number of hydrogen-bond donors (Lipinski definition) is 3. The molecule has 2 aromatic carbocycles. The van der Waals surface area contributed by atoms with E-state index in [-0.39, 0.29) is 18.4 Å². The first-order valence-electron chi connectivity index (χ1n) is 8.61. The zero-order valence-corrected chi connectivity index (χ0v) is 17.4. The van der Waals surface area contributed by atoms with Crippen LogP contribution in [0.1, 0.15) is 18.1 Å². The van der Waals surface area contributed by atoms with Crippen LogP contribution < -0.4 is 16.4 Å². The predicted octanol–water partition coefficient (Wildman–Crippen LogP) is 1.69. The van der Waals surface area contributed by atoms with Crippen LogP contribution in [0.3, 0.4) is 0 Å². The molecule has 0 heterocycles. The van der Waals surface area contributed by atoms with Gasteiger partial charge in [0.05, 0.1) is 0 Å². The minimum atomic E-state index is -1.04. The van der Waals surface area contributed by atoms with Gasteiger partial charge in [0, 0.05) is 23.3 Å². The second-order valence-corrected chi connectivity index (χ2v) is 7.59. The van der Waals surface area contributed by atoms with Gasteiger partial charge in [0.15, 0.2) is 0 Å². The molecule has 0 radical (unpaired) electrons. The minimum Gasteiger partial charge on any atom is -0.368 e. The molecule has 6 nitrogen and oxygen atoms in total. The molecule has 28 heavy (non-hydrogen) atoms. The molecule has 148 valence electrons. The van der Waals surface area contributed by atoms with Crippen LogP contribution in [0.5, 0.6) is 0 Å². The van der Waals surface area contributed by atoms with Gasteiger partial charge in [-0.15, -0.1) is 0 Å². The Balaban J connectivity index is 2.15. The monoisotopic (exact) mass is 497 g/mol. The van der Waals surface area contributed by atoms with Crippen molar-refractivity contribution in [1.29, 1.82) is 0 Å². The summed E-state index contributed by atoms with van der Waals surface area (Å²) < 4.78 is 14.9. The summed E-state index contributed by atoms with van der Waals surface area (Å²) in [4.78, 5) is 36.1. The van der Waals surface area contributed by atoms with Crippen molar-refractivity contribution >= 4 is 40.3 Å². The van der Waals surface area contributed by atoms with Crippen LogP contribution in [0, 0.1) is 9.39 Å². The summed E-state index contributed by atoms with van der Waals surface area (Å²) in [5, 5.41) is 5.08. The number of carbonyl (C=O) groups is 3. The van der Waals surface area contributed by atoms with Crippen LogP contribution in [-0.2, 0) is 27.2 Å². The van der Waals surface area contributed by atoms with E-state index in [0.717, 1.165) is 9.13 Å². The number of benzene rings is 2. The van der Waals surface area contributed by atoms with E-state index < -0.39 is 35.6 Å². The van der Waals surface area contributed by atoms with Crippen LogP contribution in [0.25, 0.3) is 0 Å². The van der Waals surface area contributed by atoms with Crippen LogP contribution in [-0.4, -0.2) is 29.8 Å². The highest BCUT2D eigenvalue weighted by molar-refractivity contribution is 14.1. The highest BCUT2D eigenvalue weighted by Gasteiger charge is 2.26. The molecule has 4 N–H and O–H groups in total. The normalized spacial score (nSPS) is 12.7. The maximum atomic E-state index is 13.9. The SMILES string of the molecule is CC(=O)N[C@H](Cc1ccccc1F)C(=O)N[C@@H](Cc1cccc(I)c1)C(N)=O. The molecule has 0 aliphatic carbocycles.